The lowest BCUT2D eigenvalue weighted by molar-refractivity contribution is -0.119. The van der Waals surface area contributed by atoms with Crippen molar-refractivity contribution in [2.24, 2.45) is 0 Å². The zero-order chi connectivity index (χ0) is 13.6. The number of hydrogen-bond acceptors (Lipinski definition) is 2. The Hall–Kier alpha value is -0.740. The topological polar surface area (TPSA) is 38.3 Å². The minimum absolute atomic E-state index is 0.406. The van der Waals surface area contributed by atoms with Crippen molar-refractivity contribution >= 4 is 46.8 Å². The highest BCUT2D eigenvalue weighted by atomic mass is 35.6. The molecule has 0 bridgehead atoms. The lowest BCUT2D eigenvalue weighted by atomic mass is 10.2. The first kappa shape index (κ1) is 15.3. The molecular weight excluding hydrogens is 296 g/mol. The molecule has 0 saturated carbocycles. The minimum atomic E-state index is -1.72. The molecule has 6 heteroatoms. The van der Waals surface area contributed by atoms with Gasteiger partial charge in [0.15, 0.2) is 6.23 Å². The van der Waals surface area contributed by atoms with Crippen LogP contribution in [0.15, 0.2) is 36.4 Å². The molecule has 0 radical (unpaired) electrons. The fraction of sp³-hybridized carbons (Fsp3) is 0.250. The molecular formula is C12H12Cl3NO2. The van der Waals surface area contributed by atoms with E-state index in [4.69, 9.17) is 39.5 Å². The Morgan fingerprint density at radius 3 is 2.44 bits per heavy atom. The van der Waals surface area contributed by atoms with Crippen LogP contribution in [0, 0.1) is 0 Å². The normalized spacial score (nSPS) is 13.6. The van der Waals surface area contributed by atoms with Crippen LogP contribution in [0.25, 0.3) is 6.08 Å². The summed E-state index contributed by atoms with van der Waals surface area (Å²) < 4.78 is 3.16. The number of rotatable bonds is 4. The minimum Gasteiger partial charge on any atom is -0.357 e. The Morgan fingerprint density at radius 1 is 1.33 bits per heavy atom. The Balaban J connectivity index is 2.59. The van der Waals surface area contributed by atoms with Crippen molar-refractivity contribution in [1.82, 2.24) is 5.32 Å². The van der Waals surface area contributed by atoms with Gasteiger partial charge in [-0.05, 0) is 11.6 Å². The van der Waals surface area contributed by atoms with Crippen molar-refractivity contribution in [3.05, 3.63) is 42.0 Å². The fourth-order valence-electron chi connectivity index (χ4n) is 1.19. The molecule has 3 nitrogen and oxygen atoms in total. The van der Waals surface area contributed by atoms with Gasteiger partial charge in [0.25, 0.3) is 0 Å². The predicted molar refractivity (Wildman–Crippen MR) is 74.7 cm³/mol. The summed E-state index contributed by atoms with van der Waals surface area (Å²) in [4.78, 5) is 11.6. The van der Waals surface area contributed by atoms with Crippen LogP contribution in [-0.4, -0.2) is 23.0 Å². The van der Waals surface area contributed by atoms with Crippen LogP contribution in [0.1, 0.15) is 5.56 Å². The van der Waals surface area contributed by atoms with Crippen molar-refractivity contribution in [1.29, 1.82) is 0 Å². The van der Waals surface area contributed by atoms with Gasteiger partial charge in [0.05, 0.1) is 0 Å². The lowest BCUT2D eigenvalue weighted by Gasteiger charge is -2.23. The third-order valence-corrected chi connectivity index (χ3v) is 2.63. The monoisotopic (exact) mass is 307 g/mol. The van der Waals surface area contributed by atoms with Crippen LogP contribution in [0.3, 0.4) is 0 Å². The smallest absolute Gasteiger partial charge is 0.246 e. The first-order chi connectivity index (χ1) is 8.43. The third kappa shape index (κ3) is 5.27. The summed E-state index contributed by atoms with van der Waals surface area (Å²) in [5.41, 5.74) is 0.899. The molecule has 0 fully saturated rings. The van der Waals surface area contributed by atoms with Crippen molar-refractivity contribution in [2.75, 3.05) is 7.11 Å². The van der Waals surface area contributed by atoms with Crippen molar-refractivity contribution < 1.29 is 9.53 Å². The lowest BCUT2D eigenvalue weighted by Crippen LogP contribution is -2.44. The van der Waals surface area contributed by atoms with E-state index in [-0.39, 0.29) is 0 Å². The summed E-state index contributed by atoms with van der Waals surface area (Å²) in [6, 6.07) is 9.37. The first-order valence-electron chi connectivity index (χ1n) is 5.06. The molecule has 0 aliphatic heterocycles. The van der Waals surface area contributed by atoms with Gasteiger partial charge in [-0.25, -0.2) is 0 Å². The van der Waals surface area contributed by atoms with Gasteiger partial charge >= 0.3 is 0 Å². The van der Waals surface area contributed by atoms with E-state index in [1.54, 1.807) is 6.08 Å². The molecule has 1 unspecified atom stereocenters. The van der Waals surface area contributed by atoms with E-state index in [1.807, 2.05) is 30.3 Å². The van der Waals surface area contributed by atoms with Gasteiger partial charge in [-0.15, -0.1) is 0 Å². The predicted octanol–water partition coefficient (Wildman–Crippen LogP) is 3.16. The molecule has 1 aromatic rings. The van der Waals surface area contributed by atoms with Crippen molar-refractivity contribution in [2.45, 2.75) is 10.0 Å². The summed E-state index contributed by atoms with van der Waals surface area (Å²) in [5, 5.41) is 2.43. The van der Waals surface area contributed by atoms with Crippen LogP contribution in [-0.2, 0) is 9.53 Å². The number of ether oxygens (including phenoxy) is 1. The molecule has 1 N–H and O–H groups in total. The number of halogens is 3. The van der Waals surface area contributed by atoms with E-state index in [9.17, 15) is 4.79 Å². The molecule has 0 saturated heterocycles. The van der Waals surface area contributed by atoms with Crippen LogP contribution in [0.5, 0.6) is 0 Å². The second-order valence-corrected chi connectivity index (χ2v) is 5.78. The van der Waals surface area contributed by atoms with Crippen molar-refractivity contribution in [3.8, 4) is 0 Å². The highest BCUT2D eigenvalue weighted by molar-refractivity contribution is 6.68. The second-order valence-electron chi connectivity index (χ2n) is 3.41. The Morgan fingerprint density at radius 2 is 1.94 bits per heavy atom. The maximum atomic E-state index is 11.6. The summed E-state index contributed by atoms with van der Waals surface area (Å²) >= 11 is 16.9. The van der Waals surface area contributed by atoms with Crippen LogP contribution in [0.4, 0.5) is 0 Å². The fourth-order valence-corrected chi connectivity index (χ4v) is 1.62. The Kier molecular flexibility index (Phi) is 5.96. The van der Waals surface area contributed by atoms with Crippen molar-refractivity contribution in [3.63, 3.8) is 0 Å². The average molecular weight is 309 g/mol. The molecule has 0 aliphatic rings. The number of benzene rings is 1. The van der Waals surface area contributed by atoms with E-state index < -0.39 is 15.9 Å². The van der Waals surface area contributed by atoms with Gasteiger partial charge in [0, 0.05) is 13.2 Å². The quantitative estimate of drug-likeness (QED) is 0.527. The van der Waals surface area contributed by atoms with Crippen LogP contribution in [0.2, 0.25) is 0 Å². The summed E-state index contributed by atoms with van der Waals surface area (Å²) in [6.45, 7) is 0. The van der Waals surface area contributed by atoms with E-state index in [0.29, 0.717) is 0 Å². The highest BCUT2D eigenvalue weighted by Gasteiger charge is 2.33. The summed E-state index contributed by atoms with van der Waals surface area (Å²) in [7, 11) is 1.34. The Bertz CT molecular complexity index is 415. The molecule has 1 aromatic carbocycles. The van der Waals surface area contributed by atoms with Gasteiger partial charge in [0.2, 0.25) is 9.70 Å². The third-order valence-electron chi connectivity index (χ3n) is 2.03. The number of alkyl halides is 3. The van der Waals surface area contributed by atoms with E-state index in [2.05, 4.69) is 5.32 Å². The zero-order valence-electron chi connectivity index (χ0n) is 9.57. The molecule has 0 spiro atoms. The molecule has 0 aromatic heterocycles. The van der Waals surface area contributed by atoms with Gasteiger partial charge in [0.1, 0.15) is 0 Å². The van der Waals surface area contributed by atoms with Gasteiger partial charge in [-0.2, -0.15) is 0 Å². The standard InChI is InChI=1S/C12H12Cl3NO2/c1-18-11(12(13,14)15)16-10(17)8-7-9-5-3-2-4-6-9/h2-8,11H,1H3,(H,16,17)/b8-7+. The van der Waals surface area contributed by atoms with E-state index in [1.165, 1.54) is 13.2 Å². The molecule has 0 aliphatic carbocycles. The SMILES string of the molecule is COC(NC(=O)/C=C/c1ccccc1)C(Cl)(Cl)Cl. The van der Waals surface area contributed by atoms with Gasteiger partial charge in [-0.3, -0.25) is 4.79 Å². The maximum absolute atomic E-state index is 11.6. The number of nitrogens with one attached hydrogen (secondary N) is 1. The summed E-state index contributed by atoms with van der Waals surface area (Å²) in [6.07, 6.45) is 1.99. The number of amides is 1. The van der Waals surface area contributed by atoms with E-state index >= 15 is 0 Å². The largest absolute Gasteiger partial charge is 0.357 e. The molecule has 18 heavy (non-hydrogen) atoms. The summed E-state index contributed by atoms with van der Waals surface area (Å²) in [5.74, 6) is -0.406. The number of hydrogen-bond donors (Lipinski definition) is 1. The molecule has 1 atom stereocenters. The Labute approximate surface area is 121 Å². The van der Waals surface area contributed by atoms with Gasteiger partial charge < -0.3 is 10.1 Å². The molecule has 98 valence electrons. The van der Waals surface area contributed by atoms with E-state index in [0.717, 1.165) is 5.56 Å². The van der Waals surface area contributed by atoms with Gasteiger partial charge in [-0.1, -0.05) is 65.1 Å². The zero-order valence-corrected chi connectivity index (χ0v) is 11.8. The molecule has 1 rings (SSSR count). The maximum Gasteiger partial charge on any atom is 0.246 e. The van der Waals surface area contributed by atoms with Crippen LogP contribution < -0.4 is 5.32 Å². The van der Waals surface area contributed by atoms with Crippen LogP contribution >= 0.6 is 34.8 Å². The average Bonchev–Trinajstić information content (AvgIpc) is 2.33. The molecule has 1 amide bonds. The molecule has 0 heterocycles. The second kappa shape index (κ2) is 7.00. The number of carbonyl (C=O) groups is 1. The highest BCUT2D eigenvalue weighted by Crippen LogP contribution is 2.30. The first-order valence-corrected chi connectivity index (χ1v) is 6.20. The number of carbonyl (C=O) groups excluding carboxylic acids is 1. The number of methoxy groups -OCH3 is 1.